The van der Waals surface area contributed by atoms with E-state index in [1.54, 1.807) is 18.4 Å². The smallest absolute Gasteiger partial charge is 0.193 e. The van der Waals surface area contributed by atoms with Crippen molar-refractivity contribution in [3.05, 3.63) is 39.8 Å². The van der Waals surface area contributed by atoms with E-state index in [4.69, 9.17) is 10.5 Å². The zero-order valence-corrected chi connectivity index (χ0v) is 12.6. The number of hydrogen-bond acceptors (Lipinski definition) is 4. The van der Waals surface area contributed by atoms with Crippen molar-refractivity contribution in [3.8, 4) is 5.75 Å². The molecule has 0 aliphatic carbocycles. The molecule has 0 spiro atoms. The SMILES string of the molecule is COc1cccc(NC(N)=NCc2nc(C)sc2C)c1. The van der Waals surface area contributed by atoms with E-state index in [1.165, 1.54) is 4.88 Å². The van der Waals surface area contributed by atoms with E-state index in [-0.39, 0.29) is 0 Å². The number of nitrogens with two attached hydrogens (primary N) is 1. The number of aromatic nitrogens is 1. The van der Waals surface area contributed by atoms with Crippen molar-refractivity contribution in [2.24, 2.45) is 10.7 Å². The van der Waals surface area contributed by atoms with Gasteiger partial charge in [0.25, 0.3) is 0 Å². The molecule has 3 N–H and O–H groups in total. The fourth-order valence-electron chi connectivity index (χ4n) is 1.77. The third-order valence-electron chi connectivity index (χ3n) is 2.74. The molecule has 0 bridgehead atoms. The lowest BCUT2D eigenvalue weighted by molar-refractivity contribution is 0.415. The normalized spacial score (nSPS) is 11.4. The molecule has 0 aliphatic rings. The van der Waals surface area contributed by atoms with E-state index in [2.05, 4.69) is 15.3 Å². The van der Waals surface area contributed by atoms with Gasteiger partial charge in [0.05, 0.1) is 24.4 Å². The van der Waals surface area contributed by atoms with Crippen molar-refractivity contribution >= 4 is 23.0 Å². The molecule has 0 saturated heterocycles. The van der Waals surface area contributed by atoms with Crippen LogP contribution in [0.2, 0.25) is 0 Å². The lowest BCUT2D eigenvalue weighted by Crippen LogP contribution is -2.22. The van der Waals surface area contributed by atoms with Gasteiger partial charge in [-0.15, -0.1) is 11.3 Å². The maximum absolute atomic E-state index is 5.88. The monoisotopic (exact) mass is 290 g/mol. The zero-order chi connectivity index (χ0) is 14.5. The summed E-state index contributed by atoms with van der Waals surface area (Å²) >= 11 is 1.67. The highest BCUT2D eigenvalue weighted by Gasteiger charge is 2.04. The molecule has 1 aromatic heterocycles. The number of rotatable bonds is 4. The molecule has 5 nitrogen and oxygen atoms in total. The Morgan fingerprint density at radius 3 is 2.90 bits per heavy atom. The molecule has 0 radical (unpaired) electrons. The number of benzene rings is 1. The van der Waals surface area contributed by atoms with Gasteiger partial charge < -0.3 is 15.8 Å². The van der Waals surface area contributed by atoms with Crippen LogP contribution in [0, 0.1) is 13.8 Å². The number of ether oxygens (including phenoxy) is 1. The Morgan fingerprint density at radius 2 is 2.25 bits per heavy atom. The van der Waals surface area contributed by atoms with Gasteiger partial charge in [-0.2, -0.15) is 0 Å². The quantitative estimate of drug-likeness (QED) is 0.671. The topological polar surface area (TPSA) is 72.5 Å². The van der Waals surface area contributed by atoms with Gasteiger partial charge in [0.15, 0.2) is 5.96 Å². The minimum absolute atomic E-state index is 0.364. The minimum atomic E-state index is 0.364. The molecule has 0 saturated carbocycles. The molecule has 2 rings (SSSR count). The summed E-state index contributed by atoms with van der Waals surface area (Å²) in [6.07, 6.45) is 0. The van der Waals surface area contributed by atoms with E-state index in [1.807, 2.05) is 38.1 Å². The number of nitrogens with one attached hydrogen (secondary N) is 1. The second kappa shape index (κ2) is 6.38. The Labute approximate surface area is 122 Å². The van der Waals surface area contributed by atoms with Gasteiger partial charge in [-0.1, -0.05) is 6.07 Å². The molecule has 0 aliphatic heterocycles. The van der Waals surface area contributed by atoms with Gasteiger partial charge in [0.2, 0.25) is 0 Å². The van der Waals surface area contributed by atoms with Crippen LogP contribution in [0.15, 0.2) is 29.3 Å². The third kappa shape index (κ3) is 3.71. The molecule has 6 heteroatoms. The van der Waals surface area contributed by atoms with Gasteiger partial charge in [-0.25, -0.2) is 9.98 Å². The van der Waals surface area contributed by atoms with Crippen LogP contribution in [0.1, 0.15) is 15.6 Å². The molecule has 106 valence electrons. The van der Waals surface area contributed by atoms with Gasteiger partial charge >= 0.3 is 0 Å². The summed E-state index contributed by atoms with van der Waals surface area (Å²) in [5.74, 6) is 1.14. The van der Waals surface area contributed by atoms with Crippen molar-refractivity contribution in [2.75, 3.05) is 12.4 Å². The number of aliphatic imine (C=N–C) groups is 1. The first-order valence-electron chi connectivity index (χ1n) is 6.22. The number of thiazole rings is 1. The van der Waals surface area contributed by atoms with Crippen LogP contribution in [0.3, 0.4) is 0 Å². The van der Waals surface area contributed by atoms with Crippen LogP contribution < -0.4 is 15.8 Å². The molecule has 1 heterocycles. The number of nitrogens with zero attached hydrogens (tertiary/aromatic N) is 2. The largest absolute Gasteiger partial charge is 0.497 e. The van der Waals surface area contributed by atoms with Crippen molar-refractivity contribution < 1.29 is 4.74 Å². The molecule has 20 heavy (non-hydrogen) atoms. The standard InChI is InChI=1S/C14H18N4OS/c1-9-13(17-10(2)20-9)8-16-14(15)18-11-5-4-6-12(7-11)19-3/h4-7H,8H2,1-3H3,(H3,15,16,18). The molecule has 0 amide bonds. The van der Waals surface area contributed by atoms with Crippen LogP contribution in [0.4, 0.5) is 5.69 Å². The number of anilines is 1. The lowest BCUT2D eigenvalue weighted by Gasteiger charge is -2.07. The molecule has 0 atom stereocenters. The van der Waals surface area contributed by atoms with Gasteiger partial charge in [0, 0.05) is 16.6 Å². The number of aryl methyl sites for hydroxylation is 2. The van der Waals surface area contributed by atoms with Crippen LogP contribution in [-0.4, -0.2) is 18.1 Å². The summed E-state index contributed by atoms with van der Waals surface area (Å²) in [6.45, 7) is 4.52. The summed E-state index contributed by atoms with van der Waals surface area (Å²) < 4.78 is 5.15. The fraction of sp³-hybridized carbons (Fsp3) is 0.286. The fourth-order valence-corrected chi connectivity index (χ4v) is 2.59. The minimum Gasteiger partial charge on any atom is -0.497 e. The predicted molar refractivity (Wildman–Crippen MR) is 83.5 cm³/mol. The highest BCUT2D eigenvalue weighted by molar-refractivity contribution is 7.11. The molecule has 0 fully saturated rings. The summed E-state index contributed by atoms with van der Waals surface area (Å²) in [4.78, 5) is 9.91. The number of methoxy groups -OCH3 is 1. The second-order valence-corrected chi connectivity index (χ2v) is 5.70. The van der Waals surface area contributed by atoms with Crippen molar-refractivity contribution in [1.82, 2.24) is 4.98 Å². The van der Waals surface area contributed by atoms with Crippen LogP contribution in [0.5, 0.6) is 5.75 Å². The predicted octanol–water partition coefficient (Wildman–Crippen LogP) is 2.70. The first kappa shape index (κ1) is 14.3. The van der Waals surface area contributed by atoms with E-state index in [9.17, 15) is 0 Å². The van der Waals surface area contributed by atoms with Crippen molar-refractivity contribution in [2.45, 2.75) is 20.4 Å². The molecular weight excluding hydrogens is 272 g/mol. The molecule has 1 aromatic carbocycles. The van der Waals surface area contributed by atoms with Crippen LogP contribution >= 0.6 is 11.3 Å². The molecular formula is C14H18N4OS. The van der Waals surface area contributed by atoms with Gasteiger partial charge in [-0.05, 0) is 26.0 Å². The van der Waals surface area contributed by atoms with E-state index in [0.29, 0.717) is 12.5 Å². The molecule has 0 unspecified atom stereocenters. The van der Waals surface area contributed by atoms with Crippen LogP contribution in [-0.2, 0) is 6.54 Å². The Kier molecular flexibility index (Phi) is 4.57. The summed E-state index contributed by atoms with van der Waals surface area (Å²) in [6, 6.07) is 7.53. The maximum Gasteiger partial charge on any atom is 0.193 e. The highest BCUT2D eigenvalue weighted by atomic mass is 32.1. The molecule has 2 aromatic rings. The average Bonchev–Trinajstić information content (AvgIpc) is 2.75. The van der Waals surface area contributed by atoms with Crippen molar-refractivity contribution in [3.63, 3.8) is 0 Å². The number of hydrogen-bond donors (Lipinski definition) is 2. The maximum atomic E-state index is 5.88. The summed E-state index contributed by atoms with van der Waals surface area (Å²) in [7, 11) is 1.63. The van der Waals surface area contributed by atoms with E-state index in [0.717, 1.165) is 22.1 Å². The Bertz CT molecular complexity index is 621. The van der Waals surface area contributed by atoms with Gasteiger partial charge in [-0.3, -0.25) is 0 Å². The lowest BCUT2D eigenvalue weighted by atomic mass is 10.3. The Balaban J connectivity index is 2.02. The first-order valence-corrected chi connectivity index (χ1v) is 7.04. The van der Waals surface area contributed by atoms with E-state index >= 15 is 0 Å². The average molecular weight is 290 g/mol. The van der Waals surface area contributed by atoms with E-state index < -0.39 is 0 Å². The third-order valence-corrected chi connectivity index (χ3v) is 3.67. The van der Waals surface area contributed by atoms with Gasteiger partial charge in [0.1, 0.15) is 5.75 Å². The second-order valence-electron chi connectivity index (χ2n) is 4.29. The highest BCUT2D eigenvalue weighted by Crippen LogP contribution is 2.18. The Morgan fingerprint density at radius 1 is 1.45 bits per heavy atom. The first-order chi connectivity index (χ1) is 9.58. The zero-order valence-electron chi connectivity index (χ0n) is 11.8. The number of guanidine groups is 1. The Hall–Kier alpha value is -2.08. The summed E-state index contributed by atoms with van der Waals surface area (Å²) in [5, 5.41) is 4.08. The summed E-state index contributed by atoms with van der Waals surface area (Å²) in [5.41, 5.74) is 7.69. The van der Waals surface area contributed by atoms with Crippen molar-refractivity contribution in [1.29, 1.82) is 0 Å². The van der Waals surface area contributed by atoms with Crippen LogP contribution in [0.25, 0.3) is 0 Å².